The largest absolute Gasteiger partial charge is 0.363 e. The van der Waals surface area contributed by atoms with Crippen LogP contribution in [-0.2, 0) is 9.59 Å². The maximum atomic E-state index is 13.0. The first-order chi connectivity index (χ1) is 14.5. The minimum absolute atomic E-state index is 0.0120. The van der Waals surface area contributed by atoms with Crippen LogP contribution in [0.2, 0.25) is 0 Å². The van der Waals surface area contributed by atoms with Crippen molar-refractivity contribution >= 4 is 35.2 Å². The third-order valence-corrected chi connectivity index (χ3v) is 5.80. The van der Waals surface area contributed by atoms with Gasteiger partial charge in [-0.2, -0.15) is 0 Å². The Balaban J connectivity index is 1.38. The molecule has 0 atom stereocenters. The van der Waals surface area contributed by atoms with E-state index < -0.39 is 5.91 Å². The summed E-state index contributed by atoms with van der Waals surface area (Å²) < 4.78 is 0. The fourth-order valence-corrected chi connectivity index (χ4v) is 4.03. The summed E-state index contributed by atoms with van der Waals surface area (Å²) in [6, 6.07) is 17.5. The van der Waals surface area contributed by atoms with Gasteiger partial charge in [0.2, 0.25) is 0 Å². The number of amides is 2. The standard InChI is InChI=1S/C24H24ClN3O2/c1-18-9-11-20(12-10-18)28-23(29)21(25)22(24(28)30)27-16-14-26(15-17-27)13-5-8-19-6-3-2-4-7-19/h2-12H,13-17H2,1H3/b8-5+. The number of rotatable bonds is 5. The van der Waals surface area contributed by atoms with E-state index in [0.29, 0.717) is 24.5 Å². The van der Waals surface area contributed by atoms with Gasteiger partial charge in [0.1, 0.15) is 10.7 Å². The summed E-state index contributed by atoms with van der Waals surface area (Å²) in [6.45, 7) is 5.73. The Morgan fingerprint density at radius 2 is 1.57 bits per heavy atom. The van der Waals surface area contributed by atoms with Gasteiger partial charge in [0.25, 0.3) is 11.8 Å². The molecule has 2 aliphatic heterocycles. The van der Waals surface area contributed by atoms with E-state index in [1.807, 2.05) is 42.2 Å². The number of piperazine rings is 1. The van der Waals surface area contributed by atoms with Gasteiger partial charge in [-0.1, -0.05) is 71.8 Å². The van der Waals surface area contributed by atoms with Crippen LogP contribution in [0.3, 0.4) is 0 Å². The van der Waals surface area contributed by atoms with Gasteiger partial charge in [-0.3, -0.25) is 14.5 Å². The van der Waals surface area contributed by atoms with Crippen molar-refractivity contribution in [3.63, 3.8) is 0 Å². The number of carbonyl (C=O) groups is 2. The van der Waals surface area contributed by atoms with Crippen LogP contribution in [0.5, 0.6) is 0 Å². The van der Waals surface area contributed by atoms with Crippen LogP contribution in [0.25, 0.3) is 6.08 Å². The Hall–Kier alpha value is -2.89. The van der Waals surface area contributed by atoms with E-state index in [2.05, 4.69) is 29.2 Å². The van der Waals surface area contributed by atoms with Crippen molar-refractivity contribution in [2.75, 3.05) is 37.6 Å². The second kappa shape index (κ2) is 8.86. The molecule has 0 unspecified atom stereocenters. The van der Waals surface area contributed by atoms with Crippen molar-refractivity contribution in [1.29, 1.82) is 0 Å². The molecule has 0 bridgehead atoms. The molecule has 154 valence electrons. The molecule has 2 amide bonds. The zero-order chi connectivity index (χ0) is 21.1. The number of nitrogens with zero attached hydrogens (tertiary/aromatic N) is 3. The third-order valence-electron chi connectivity index (χ3n) is 5.46. The molecular weight excluding hydrogens is 398 g/mol. The summed E-state index contributed by atoms with van der Waals surface area (Å²) in [5.74, 6) is -0.792. The molecule has 2 aromatic carbocycles. The summed E-state index contributed by atoms with van der Waals surface area (Å²) in [6.07, 6.45) is 4.27. The molecule has 1 fully saturated rings. The van der Waals surface area contributed by atoms with Gasteiger partial charge in [-0.15, -0.1) is 0 Å². The Morgan fingerprint density at radius 3 is 2.23 bits per heavy atom. The molecule has 0 radical (unpaired) electrons. The van der Waals surface area contributed by atoms with E-state index >= 15 is 0 Å². The van der Waals surface area contributed by atoms with Gasteiger partial charge >= 0.3 is 0 Å². The summed E-state index contributed by atoms with van der Waals surface area (Å²) in [7, 11) is 0. The lowest BCUT2D eigenvalue weighted by Crippen LogP contribution is -2.47. The van der Waals surface area contributed by atoms with Crippen molar-refractivity contribution in [2.24, 2.45) is 0 Å². The zero-order valence-corrected chi connectivity index (χ0v) is 17.7. The highest BCUT2D eigenvalue weighted by molar-refractivity contribution is 6.52. The van der Waals surface area contributed by atoms with Crippen molar-refractivity contribution in [3.8, 4) is 0 Å². The minimum atomic E-state index is -0.450. The first-order valence-corrected chi connectivity index (χ1v) is 10.5. The highest BCUT2D eigenvalue weighted by atomic mass is 35.5. The van der Waals surface area contributed by atoms with Crippen LogP contribution in [0.1, 0.15) is 11.1 Å². The molecular formula is C24H24ClN3O2. The second-order valence-electron chi connectivity index (χ2n) is 7.54. The normalized spacial score (nSPS) is 18.2. The topological polar surface area (TPSA) is 43.9 Å². The maximum absolute atomic E-state index is 13.0. The molecule has 2 aliphatic rings. The molecule has 0 spiro atoms. The Labute approximate surface area is 181 Å². The molecule has 0 N–H and O–H groups in total. The molecule has 4 rings (SSSR count). The lowest BCUT2D eigenvalue weighted by Gasteiger charge is -2.35. The van der Waals surface area contributed by atoms with Gasteiger partial charge in [-0.05, 0) is 24.6 Å². The van der Waals surface area contributed by atoms with Gasteiger partial charge in [0.15, 0.2) is 0 Å². The summed E-state index contributed by atoms with van der Waals surface area (Å²) in [5.41, 5.74) is 3.11. The van der Waals surface area contributed by atoms with Gasteiger partial charge < -0.3 is 4.90 Å². The Morgan fingerprint density at radius 1 is 0.900 bits per heavy atom. The number of halogens is 1. The monoisotopic (exact) mass is 421 g/mol. The fraction of sp³-hybridized carbons (Fsp3) is 0.250. The number of aryl methyl sites for hydroxylation is 1. The molecule has 5 nitrogen and oxygen atoms in total. The van der Waals surface area contributed by atoms with Gasteiger partial charge in [0, 0.05) is 32.7 Å². The van der Waals surface area contributed by atoms with Gasteiger partial charge in [0.05, 0.1) is 5.69 Å². The lowest BCUT2D eigenvalue weighted by molar-refractivity contribution is -0.121. The van der Waals surface area contributed by atoms with Crippen LogP contribution in [0.15, 0.2) is 71.4 Å². The minimum Gasteiger partial charge on any atom is -0.363 e. The third kappa shape index (κ3) is 4.18. The maximum Gasteiger partial charge on any atom is 0.283 e. The highest BCUT2D eigenvalue weighted by Gasteiger charge is 2.41. The van der Waals surface area contributed by atoms with E-state index in [9.17, 15) is 9.59 Å². The highest BCUT2D eigenvalue weighted by Crippen LogP contribution is 2.31. The van der Waals surface area contributed by atoms with E-state index in [0.717, 1.165) is 25.2 Å². The van der Waals surface area contributed by atoms with Crippen molar-refractivity contribution in [3.05, 3.63) is 82.5 Å². The molecule has 0 saturated carbocycles. The van der Waals surface area contributed by atoms with Crippen molar-refractivity contribution in [1.82, 2.24) is 9.80 Å². The molecule has 2 aromatic rings. The fourth-order valence-electron chi connectivity index (χ4n) is 3.75. The molecule has 6 heteroatoms. The average molecular weight is 422 g/mol. The summed E-state index contributed by atoms with van der Waals surface area (Å²) in [5, 5.41) is 0.0120. The van der Waals surface area contributed by atoms with Crippen LogP contribution < -0.4 is 4.90 Å². The van der Waals surface area contributed by atoms with E-state index in [1.54, 1.807) is 12.1 Å². The van der Waals surface area contributed by atoms with E-state index in [-0.39, 0.29) is 10.9 Å². The summed E-state index contributed by atoms with van der Waals surface area (Å²) >= 11 is 6.32. The summed E-state index contributed by atoms with van der Waals surface area (Å²) in [4.78, 5) is 31.1. The quantitative estimate of drug-likeness (QED) is 0.691. The molecule has 30 heavy (non-hydrogen) atoms. The van der Waals surface area contributed by atoms with E-state index in [1.165, 1.54) is 10.5 Å². The van der Waals surface area contributed by atoms with Crippen LogP contribution in [0.4, 0.5) is 5.69 Å². The number of anilines is 1. The number of carbonyl (C=O) groups excluding carboxylic acids is 2. The van der Waals surface area contributed by atoms with Crippen LogP contribution in [-0.4, -0.2) is 54.3 Å². The van der Waals surface area contributed by atoms with Crippen molar-refractivity contribution < 1.29 is 9.59 Å². The molecule has 2 heterocycles. The predicted molar refractivity (Wildman–Crippen MR) is 120 cm³/mol. The SMILES string of the molecule is Cc1ccc(N2C(=O)C(Cl)=C(N3CCN(C/C=C/c4ccccc4)CC3)C2=O)cc1. The lowest BCUT2D eigenvalue weighted by atomic mass is 10.2. The first kappa shape index (κ1) is 20.4. The second-order valence-corrected chi connectivity index (χ2v) is 7.92. The smallest absolute Gasteiger partial charge is 0.283 e. The molecule has 1 saturated heterocycles. The van der Waals surface area contributed by atoms with Crippen molar-refractivity contribution in [2.45, 2.75) is 6.92 Å². The molecule has 0 aromatic heterocycles. The van der Waals surface area contributed by atoms with Crippen LogP contribution in [0, 0.1) is 6.92 Å². The van der Waals surface area contributed by atoms with E-state index in [4.69, 9.17) is 11.6 Å². The number of benzene rings is 2. The average Bonchev–Trinajstić information content (AvgIpc) is 2.99. The number of hydrogen-bond acceptors (Lipinski definition) is 4. The number of imide groups is 1. The first-order valence-electron chi connectivity index (χ1n) is 10.1. The van der Waals surface area contributed by atoms with Gasteiger partial charge in [-0.25, -0.2) is 4.90 Å². The van der Waals surface area contributed by atoms with Crippen LogP contribution >= 0.6 is 11.6 Å². The Bertz CT molecular complexity index is 991. The predicted octanol–water partition coefficient (Wildman–Crippen LogP) is 3.65. The molecule has 0 aliphatic carbocycles. The number of hydrogen-bond donors (Lipinski definition) is 0. The zero-order valence-electron chi connectivity index (χ0n) is 16.9. The Kier molecular flexibility index (Phi) is 6.02.